The predicted molar refractivity (Wildman–Crippen MR) is 127 cm³/mol. The lowest BCUT2D eigenvalue weighted by molar-refractivity contribution is 0.0894. The number of methoxy groups -OCH3 is 2. The largest absolute Gasteiger partial charge is 0.493 e. The van der Waals surface area contributed by atoms with Crippen molar-refractivity contribution in [1.29, 1.82) is 0 Å². The smallest absolute Gasteiger partial charge is 0.235 e. The van der Waals surface area contributed by atoms with E-state index in [9.17, 15) is 9.59 Å². The van der Waals surface area contributed by atoms with Crippen LogP contribution in [0.3, 0.4) is 0 Å². The molecule has 170 valence electrons. The molecule has 2 aromatic heterocycles. The van der Waals surface area contributed by atoms with Crippen molar-refractivity contribution in [2.45, 2.75) is 0 Å². The molecule has 5 aromatic rings. The van der Waals surface area contributed by atoms with E-state index in [-0.39, 0.29) is 22.7 Å². The van der Waals surface area contributed by atoms with Crippen LogP contribution in [0.1, 0.15) is 10.6 Å². The van der Waals surface area contributed by atoms with Gasteiger partial charge in [0.25, 0.3) is 0 Å². The van der Waals surface area contributed by atoms with E-state index in [0.717, 1.165) is 5.39 Å². The molecule has 0 aliphatic rings. The minimum Gasteiger partial charge on any atom is -0.493 e. The van der Waals surface area contributed by atoms with Crippen LogP contribution in [0.25, 0.3) is 33.3 Å². The van der Waals surface area contributed by atoms with Crippen molar-refractivity contribution in [3.05, 3.63) is 88.8 Å². The molecule has 7 heteroatoms. The van der Waals surface area contributed by atoms with Crippen LogP contribution in [-0.2, 0) is 0 Å². The Balaban J connectivity index is 1.56. The highest BCUT2D eigenvalue weighted by Crippen LogP contribution is 2.36. The fourth-order valence-electron chi connectivity index (χ4n) is 3.75. The third kappa shape index (κ3) is 3.77. The van der Waals surface area contributed by atoms with Crippen molar-refractivity contribution in [2.75, 3.05) is 20.8 Å². The van der Waals surface area contributed by atoms with E-state index in [0.29, 0.717) is 33.6 Å². The maximum atomic E-state index is 13.3. The number of Topliss-reactive ketones (excluding diaryl/α,β-unsaturated/α-hetero) is 1. The first kappa shape index (κ1) is 21.3. The number of furan rings is 1. The topological polar surface area (TPSA) is 88.1 Å². The zero-order valence-corrected chi connectivity index (χ0v) is 18.5. The first-order chi connectivity index (χ1) is 16.6. The summed E-state index contributed by atoms with van der Waals surface area (Å²) in [4.78, 5) is 26.1. The average molecular weight is 456 g/mol. The van der Waals surface area contributed by atoms with Gasteiger partial charge in [0.2, 0.25) is 17.0 Å². The lowest BCUT2D eigenvalue weighted by atomic mass is 10.1. The highest BCUT2D eigenvalue weighted by molar-refractivity contribution is 5.98. The summed E-state index contributed by atoms with van der Waals surface area (Å²) >= 11 is 0. The Bertz CT molecular complexity index is 1540. The number of benzene rings is 3. The van der Waals surface area contributed by atoms with Gasteiger partial charge in [-0.25, -0.2) is 0 Å². The summed E-state index contributed by atoms with van der Waals surface area (Å²) in [6.45, 7) is -0.400. The van der Waals surface area contributed by atoms with Crippen molar-refractivity contribution >= 4 is 27.7 Å². The molecule has 0 N–H and O–H groups in total. The summed E-state index contributed by atoms with van der Waals surface area (Å²) in [7, 11) is 3.05. The van der Waals surface area contributed by atoms with Crippen molar-refractivity contribution in [3.63, 3.8) is 0 Å². The summed E-state index contributed by atoms with van der Waals surface area (Å²) in [5.41, 5.74) is 1.14. The standard InChI is InChI=1S/C27H20O7/c1-30-22-12-11-17(14-24(22)31-2)26-27(25(29)18-8-4-6-10-21(18)34-26)32-15-19(28)23-13-16-7-3-5-9-20(16)33-23/h3-14H,15H2,1-2H3. The van der Waals surface area contributed by atoms with E-state index >= 15 is 0 Å². The molecular weight excluding hydrogens is 436 g/mol. The van der Waals surface area contributed by atoms with Gasteiger partial charge in [-0.2, -0.15) is 0 Å². The molecule has 0 atom stereocenters. The Labute approximate surface area is 194 Å². The SMILES string of the molecule is COc1ccc(-c2oc3ccccc3c(=O)c2OCC(=O)c2cc3ccccc3o2)cc1OC. The van der Waals surface area contributed by atoms with E-state index in [1.54, 1.807) is 54.6 Å². The summed E-state index contributed by atoms with van der Waals surface area (Å²) < 4.78 is 28.2. The lowest BCUT2D eigenvalue weighted by Crippen LogP contribution is -2.16. The number of ether oxygens (including phenoxy) is 3. The summed E-state index contributed by atoms with van der Waals surface area (Å²) in [5.74, 6) is 0.843. The number of carbonyl (C=O) groups excluding carboxylic acids is 1. The van der Waals surface area contributed by atoms with Crippen LogP contribution < -0.4 is 19.6 Å². The number of carbonyl (C=O) groups is 1. The number of hydrogen-bond donors (Lipinski definition) is 0. The van der Waals surface area contributed by atoms with Crippen molar-refractivity contribution in [3.8, 4) is 28.6 Å². The molecule has 0 aliphatic heterocycles. The number of hydrogen-bond acceptors (Lipinski definition) is 7. The van der Waals surface area contributed by atoms with Crippen molar-refractivity contribution < 1.29 is 27.8 Å². The highest BCUT2D eigenvalue weighted by Gasteiger charge is 2.21. The number of para-hydroxylation sites is 2. The Morgan fingerprint density at radius 1 is 0.824 bits per heavy atom. The van der Waals surface area contributed by atoms with E-state index in [4.69, 9.17) is 23.0 Å². The van der Waals surface area contributed by atoms with Gasteiger partial charge in [0.1, 0.15) is 11.2 Å². The molecular formula is C27H20O7. The van der Waals surface area contributed by atoms with Gasteiger partial charge < -0.3 is 23.0 Å². The Kier molecular flexibility index (Phi) is 5.51. The summed E-state index contributed by atoms with van der Waals surface area (Å²) in [6.07, 6.45) is 0. The van der Waals surface area contributed by atoms with Crippen molar-refractivity contribution in [2.24, 2.45) is 0 Å². The second kappa shape index (κ2) is 8.78. The van der Waals surface area contributed by atoms with Crippen molar-refractivity contribution in [1.82, 2.24) is 0 Å². The van der Waals surface area contributed by atoms with Crippen LogP contribution in [0, 0.1) is 0 Å². The van der Waals surface area contributed by atoms with Gasteiger partial charge in [-0.05, 0) is 42.5 Å². The third-order valence-corrected chi connectivity index (χ3v) is 5.45. The van der Waals surface area contributed by atoms with Gasteiger partial charge >= 0.3 is 0 Å². The molecule has 0 fully saturated rings. The van der Waals surface area contributed by atoms with E-state index in [1.807, 2.05) is 18.2 Å². The second-order valence-corrected chi connectivity index (χ2v) is 7.52. The summed E-state index contributed by atoms with van der Waals surface area (Å²) in [6, 6.07) is 20.9. The fraction of sp³-hybridized carbons (Fsp3) is 0.111. The van der Waals surface area contributed by atoms with Gasteiger partial charge in [0.15, 0.2) is 29.6 Å². The summed E-state index contributed by atoms with van der Waals surface area (Å²) in [5, 5.41) is 1.15. The number of ketones is 1. The molecule has 0 aliphatic carbocycles. The van der Waals surface area contributed by atoms with Gasteiger partial charge in [0.05, 0.1) is 19.6 Å². The second-order valence-electron chi connectivity index (χ2n) is 7.52. The van der Waals surface area contributed by atoms with E-state index in [2.05, 4.69) is 0 Å². The molecule has 0 saturated carbocycles. The van der Waals surface area contributed by atoms with Gasteiger partial charge in [0, 0.05) is 10.9 Å². The molecule has 5 rings (SSSR count). The van der Waals surface area contributed by atoms with Crippen LogP contribution >= 0.6 is 0 Å². The van der Waals surface area contributed by atoms with Crippen LogP contribution in [-0.4, -0.2) is 26.6 Å². The number of fused-ring (bicyclic) bond motifs is 2. The normalized spacial score (nSPS) is 11.0. The van der Waals surface area contributed by atoms with Gasteiger partial charge in [-0.3, -0.25) is 9.59 Å². The first-order valence-corrected chi connectivity index (χ1v) is 10.5. The first-order valence-electron chi connectivity index (χ1n) is 10.5. The predicted octanol–water partition coefficient (Wildman–Crippen LogP) is 5.49. The molecule has 2 heterocycles. The average Bonchev–Trinajstić information content (AvgIpc) is 3.32. The monoisotopic (exact) mass is 456 g/mol. The molecule has 0 bridgehead atoms. The molecule has 0 amide bonds. The minimum atomic E-state index is -0.401. The van der Waals surface area contributed by atoms with Crippen LogP contribution in [0.2, 0.25) is 0 Å². The number of rotatable bonds is 7. The molecule has 34 heavy (non-hydrogen) atoms. The molecule has 3 aromatic carbocycles. The zero-order valence-electron chi connectivity index (χ0n) is 18.5. The van der Waals surface area contributed by atoms with E-state index < -0.39 is 12.4 Å². The third-order valence-electron chi connectivity index (χ3n) is 5.45. The van der Waals surface area contributed by atoms with Gasteiger partial charge in [-0.15, -0.1) is 0 Å². The maximum Gasteiger partial charge on any atom is 0.235 e. The van der Waals surface area contributed by atoms with Crippen LogP contribution in [0.15, 0.2) is 86.4 Å². The Hall–Kier alpha value is -4.52. The minimum absolute atomic E-state index is 0.0737. The zero-order chi connectivity index (χ0) is 23.7. The maximum absolute atomic E-state index is 13.3. The highest BCUT2D eigenvalue weighted by atomic mass is 16.5. The fourth-order valence-corrected chi connectivity index (χ4v) is 3.75. The molecule has 0 spiro atoms. The Morgan fingerprint density at radius 3 is 2.32 bits per heavy atom. The molecule has 0 unspecified atom stereocenters. The van der Waals surface area contributed by atoms with Crippen LogP contribution in [0.4, 0.5) is 0 Å². The van der Waals surface area contributed by atoms with E-state index in [1.165, 1.54) is 14.2 Å². The van der Waals surface area contributed by atoms with Gasteiger partial charge in [-0.1, -0.05) is 30.3 Å². The quantitative estimate of drug-likeness (QED) is 0.299. The molecule has 7 nitrogen and oxygen atoms in total. The lowest BCUT2D eigenvalue weighted by Gasteiger charge is -2.13. The Morgan fingerprint density at radius 2 is 1.56 bits per heavy atom. The molecule has 0 radical (unpaired) electrons. The molecule has 0 saturated heterocycles. The van der Waals surface area contributed by atoms with Crippen LogP contribution in [0.5, 0.6) is 17.2 Å².